The number of carbonyl (C=O) groups excluding carboxylic acids is 1. The Morgan fingerprint density at radius 3 is 2.78 bits per heavy atom. The van der Waals surface area contributed by atoms with Crippen molar-refractivity contribution in [3.8, 4) is 5.75 Å². The van der Waals surface area contributed by atoms with Crippen molar-refractivity contribution in [1.82, 2.24) is 15.2 Å². The zero-order valence-electron chi connectivity index (χ0n) is 15.0. The van der Waals surface area contributed by atoms with Crippen LogP contribution in [0.25, 0.3) is 0 Å². The molecule has 0 unspecified atom stereocenters. The predicted octanol–water partition coefficient (Wildman–Crippen LogP) is 3.54. The number of nitrogens with zero attached hydrogens (tertiary/aromatic N) is 3. The number of hydrogen-bond acceptors (Lipinski definition) is 8. The number of methoxy groups -OCH3 is 1. The van der Waals surface area contributed by atoms with Gasteiger partial charge in [0.25, 0.3) is 0 Å². The van der Waals surface area contributed by atoms with Crippen LogP contribution in [0.5, 0.6) is 5.75 Å². The molecule has 0 spiro atoms. The average Bonchev–Trinajstić information content (AvgIpc) is 2.69. The Bertz CT molecular complexity index is 932. The Balaban J connectivity index is 1.79. The Morgan fingerprint density at radius 1 is 1.11 bits per heavy atom. The third-order valence-electron chi connectivity index (χ3n) is 3.57. The van der Waals surface area contributed by atoms with E-state index in [1.807, 2.05) is 30.3 Å². The van der Waals surface area contributed by atoms with Crippen LogP contribution >= 0.6 is 0 Å². The number of para-hydroxylation sites is 1. The SMILES string of the molecule is CCOC(=O)c1ccccc1Nc1cnnc(Nc2cccc(OC)c2)n1. The minimum atomic E-state index is -0.405. The number of rotatable bonds is 7. The van der Waals surface area contributed by atoms with Crippen molar-refractivity contribution in [1.29, 1.82) is 0 Å². The van der Waals surface area contributed by atoms with Gasteiger partial charge in [-0.2, -0.15) is 10.1 Å². The second kappa shape index (κ2) is 8.61. The number of esters is 1. The summed E-state index contributed by atoms with van der Waals surface area (Å²) in [5.41, 5.74) is 1.75. The normalized spacial score (nSPS) is 10.1. The van der Waals surface area contributed by atoms with Gasteiger partial charge < -0.3 is 20.1 Å². The largest absolute Gasteiger partial charge is 0.497 e. The Hall–Kier alpha value is -3.68. The minimum absolute atomic E-state index is 0.302. The second-order valence-electron chi connectivity index (χ2n) is 5.41. The van der Waals surface area contributed by atoms with Crippen molar-refractivity contribution in [2.24, 2.45) is 0 Å². The van der Waals surface area contributed by atoms with Crippen LogP contribution in [0, 0.1) is 0 Å². The first kappa shape index (κ1) is 18.1. The lowest BCUT2D eigenvalue weighted by Crippen LogP contribution is -2.09. The van der Waals surface area contributed by atoms with E-state index in [4.69, 9.17) is 9.47 Å². The molecule has 2 N–H and O–H groups in total. The fourth-order valence-corrected chi connectivity index (χ4v) is 2.36. The Labute approximate surface area is 156 Å². The highest BCUT2D eigenvalue weighted by Crippen LogP contribution is 2.22. The molecule has 138 valence electrons. The molecule has 8 heteroatoms. The number of nitrogens with one attached hydrogen (secondary N) is 2. The fraction of sp³-hybridized carbons (Fsp3) is 0.158. The van der Waals surface area contributed by atoms with Crippen molar-refractivity contribution in [2.45, 2.75) is 6.92 Å². The van der Waals surface area contributed by atoms with Gasteiger partial charge >= 0.3 is 5.97 Å². The number of benzene rings is 2. The summed E-state index contributed by atoms with van der Waals surface area (Å²) in [6.45, 7) is 2.07. The molecule has 8 nitrogen and oxygen atoms in total. The summed E-state index contributed by atoms with van der Waals surface area (Å²) >= 11 is 0. The molecule has 2 aromatic carbocycles. The van der Waals surface area contributed by atoms with E-state index in [0.717, 1.165) is 5.69 Å². The van der Waals surface area contributed by atoms with Gasteiger partial charge in [0.2, 0.25) is 5.95 Å². The van der Waals surface area contributed by atoms with E-state index < -0.39 is 5.97 Å². The molecule has 0 atom stereocenters. The molecule has 0 fully saturated rings. The van der Waals surface area contributed by atoms with E-state index in [2.05, 4.69) is 25.8 Å². The first-order chi connectivity index (χ1) is 13.2. The van der Waals surface area contributed by atoms with Gasteiger partial charge in [-0.3, -0.25) is 0 Å². The highest BCUT2D eigenvalue weighted by Gasteiger charge is 2.13. The molecular formula is C19H19N5O3. The second-order valence-corrected chi connectivity index (χ2v) is 5.41. The molecule has 3 rings (SSSR count). The van der Waals surface area contributed by atoms with E-state index in [1.165, 1.54) is 6.20 Å². The third-order valence-corrected chi connectivity index (χ3v) is 3.57. The minimum Gasteiger partial charge on any atom is -0.497 e. The summed E-state index contributed by atoms with van der Waals surface area (Å²) in [6, 6.07) is 14.4. The summed E-state index contributed by atoms with van der Waals surface area (Å²) in [5, 5.41) is 14.1. The molecule has 3 aromatic rings. The lowest BCUT2D eigenvalue weighted by molar-refractivity contribution is 0.0527. The maximum atomic E-state index is 12.1. The Morgan fingerprint density at radius 2 is 1.96 bits per heavy atom. The van der Waals surface area contributed by atoms with Crippen molar-refractivity contribution < 1.29 is 14.3 Å². The quantitative estimate of drug-likeness (QED) is 0.614. The standard InChI is InChI=1S/C19H19N5O3/c1-3-27-18(25)15-9-4-5-10-16(15)22-17-12-20-24-19(23-17)21-13-7-6-8-14(11-13)26-2/h4-12H,3H2,1-2H3,(H2,21,22,23,24). The summed E-state index contributed by atoms with van der Waals surface area (Å²) in [4.78, 5) is 16.5. The molecule has 0 radical (unpaired) electrons. The predicted molar refractivity (Wildman–Crippen MR) is 102 cm³/mol. The third kappa shape index (κ3) is 4.69. The summed E-state index contributed by atoms with van der Waals surface area (Å²) in [5.74, 6) is 1.05. The molecule has 1 aromatic heterocycles. The fourth-order valence-electron chi connectivity index (χ4n) is 2.36. The summed E-state index contributed by atoms with van der Waals surface area (Å²) in [7, 11) is 1.60. The molecule has 0 amide bonds. The van der Waals surface area contributed by atoms with Gasteiger partial charge in [0, 0.05) is 11.8 Å². The van der Waals surface area contributed by atoms with E-state index in [0.29, 0.717) is 35.4 Å². The van der Waals surface area contributed by atoms with E-state index >= 15 is 0 Å². The zero-order chi connectivity index (χ0) is 19.1. The lowest BCUT2D eigenvalue weighted by atomic mass is 10.2. The van der Waals surface area contributed by atoms with Gasteiger partial charge in [-0.05, 0) is 31.2 Å². The maximum Gasteiger partial charge on any atom is 0.340 e. The van der Waals surface area contributed by atoms with Crippen LogP contribution < -0.4 is 15.4 Å². The molecule has 0 aliphatic carbocycles. The van der Waals surface area contributed by atoms with Crippen LogP contribution in [0.15, 0.2) is 54.7 Å². The molecular weight excluding hydrogens is 346 g/mol. The monoisotopic (exact) mass is 365 g/mol. The molecule has 1 heterocycles. The van der Waals surface area contributed by atoms with Crippen molar-refractivity contribution in [3.05, 3.63) is 60.3 Å². The molecule has 0 aliphatic rings. The van der Waals surface area contributed by atoms with E-state index in [9.17, 15) is 4.79 Å². The van der Waals surface area contributed by atoms with Gasteiger partial charge in [0.05, 0.1) is 31.2 Å². The van der Waals surface area contributed by atoms with Crippen LogP contribution in [0.3, 0.4) is 0 Å². The van der Waals surface area contributed by atoms with Gasteiger partial charge in [0.15, 0.2) is 5.82 Å². The first-order valence-electron chi connectivity index (χ1n) is 8.33. The number of ether oxygens (including phenoxy) is 2. The number of carbonyl (C=O) groups is 1. The number of aromatic nitrogens is 3. The van der Waals surface area contributed by atoms with Crippen LogP contribution in [-0.4, -0.2) is 34.9 Å². The first-order valence-corrected chi connectivity index (χ1v) is 8.33. The molecule has 0 bridgehead atoms. The zero-order valence-corrected chi connectivity index (χ0v) is 15.0. The Kier molecular flexibility index (Phi) is 5.78. The van der Waals surface area contributed by atoms with Gasteiger partial charge in [-0.25, -0.2) is 4.79 Å². The van der Waals surface area contributed by atoms with Crippen LogP contribution in [0.4, 0.5) is 23.1 Å². The lowest BCUT2D eigenvalue weighted by Gasteiger charge is -2.11. The van der Waals surface area contributed by atoms with Gasteiger partial charge in [0.1, 0.15) is 5.75 Å². The van der Waals surface area contributed by atoms with Crippen LogP contribution in [0.2, 0.25) is 0 Å². The maximum absolute atomic E-state index is 12.1. The van der Waals surface area contributed by atoms with Gasteiger partial charge in [-0.15, -0.1) is 5.10 Å². The topological polar surface area (TPSA) is 98.3 Å². The summed E-state index contributed by atoms with van der Waals surface area (Å²) < 4.78 is 10.3. The highest BCUT2D eigenvalue weighted by atomic mass is 16.5. The van der Waals surface area contributed by atoms with Crippen LogP contribution in [-0.2, 0) is 4.74 Å². The average molecular weight is 365 g/mol. The van der Waals surface area contributed by atoms with E-state index in [1.54, 1.807) is 32.2 Å². The molecule has 0 saturated carbocycles. The van der Waals surface area contributed by atoms with Gasteiger partial charge in [-0.1, -0.05) is 18.2 Å². The highest BCUT2D eigenvalue weighted by molar-refractivity contribution is 5.96. The van der Waals surface area contributed by atoms with Crippen molar-refractivity contribution in [2.75, 3.05) is 24.4 Å². The summed E-state index contributed by atoms with van der Waals surface area (Å²) in [6.07, 6.45) is 1.47. The van der Waals surface area contributed by atoms with Crippen LogP contribution in [0.1, 0.15) is 17.3 Å². The molecule has 0 aliphatic heterocycles. The van der Waals surface area contributed by atoms with E-state index in [-0.39, 0.29) is 0 Å². The number of hydrogen-bond donors (Lipinski definition) is 2. The smallest absolute Gasteiger partial charge is 0.340 e. The molecule has 0 saturated heterocycles. The number of anilines is 4. The molecule has 27 heavy (non-hydrogen) atoms. The van der Waals surface area contributed by atoms with Crippen molar-refractivity contribution >= 4 is 29.1 Å². The van der Waals surface area contributed by atoms with Crippen molar-refractivity contribution in [3.63, 3.8) is 0 Å².